The van der Waals surface area contributed by atoms with Crippen molar-refractivity contribution in [2.24, 2.45) is 4.99 Å². The first kappa shape index (κ1) is 30.3. The van der Waals surface area contributed by atoms with E-state index >= 15 is 0 Å². The van der Waals surface area contributed by atoms with Crippen molar-refractivity contribution in [2.45, 2.75) is 84.2 Å². The Bertz CT molecular complexity index is 1220. The number of hydrogen-bond acceptors (Lipinski definition) is 3. The molecule has 0 saturated carbocycles. The number of nitrogens with one attached hydrogen (secondary N) is 2. The molecule has 0 saturated heterocycles. The molecule has 1 heterocycles. The van der Waals surface area contributed by atoms with E-state index in [0.29, 0.717) is 24.2 Å². The van der Waals surface area contributed by atoms with Gasteiger partial charge in [0.1, 0.15) is 12.0 Å². The van der Waals surface area contributed by atoms with E-state index in [4.69, 9.17) is 0 Å². The van der Waals surface area contributed by atoms with Crippen molar-refractivity contribution >= 4 is 11.5 Å². The van der Waals surface area contributed by atoms with Crippen LogP contribution >= 0.6 is 0 Å². The van der Waals surface area contributed by atoms with Gasteiger partial charge in [0.2, 0.25) is 0 Å². The minimum Gasteiger partial charge on any atom is -0.363 e. The second-order valence-corrected chi connectivity index (χ2v) is 9.76. The SMILES string of the molecule is C=C(NC1=NC(c2ccccc2C(F)(F)F)NC2=C1CCCC2)c1cc(C(F)(F)F)ccc1C.CCCCC. The van der Waals surface area contributed by atoms with Crippen molar-refractivity contribution in [1.29, 1.82) is 0 Å². The summed E-state index contributed by atoms with van der Waals surface area (Å²) in [5.74, 6) is 0.331. The summed E-state index contributed by atoms with van der Waals surface area (Å²) in [7, 11) is 0. The molecule has 212 valence electrons. The molecule has 4 rings (SSSR count). The molecule has 2 aliphatic rings. The first-order chi connectivity index (χ1) is 18.4. The quantitative estimate of drug-likeness (QED) is 0.363. The zero-order chi connectivity index (χ0) is 28.8. The topological polar surface area (TPSA) is 36.4 Å². The Labute approximate surface area is 226 Å². The number of halogens is 6. The fraction of sp³-hybridized carbons (Fsp3) is 0.433. The fourth-order valence-corrected chi connectivity index (χ4v) is 4.67. The summed E-state index contributed by atoms with van der Waals surface area (Å²) in [6, 6.07) is 8.60. The molecule has 0 aromatic heterocycles. The van der Waals surface area contributed by atoms with Gasteiger partial charge in [-0.25, -0.2) is 4.99 Å². The number of hydrogen-bond donors (Lipinski definition) is 2. The number of rotatable bonds is 5. The van der Waals surface area contributed by atoms with Gasteiger partial charge < -0.3 is 10.6 Å². The maximum atomic E-state index is 13.6. The molecule has 9 heteroatoms. The molecule has 2 aromatic carbocycles. The van der Waals surface area contributed by atoms with Crippen LogP contribution < -0.4 is 10.6 Å². The monoisotopic (exact) mass is 551 g/mol. The van der Waals surface area contributed by atoms with E-state index in [-0.39, 0.29) is 16.8 Å². The van der Waals surface area contributed by atoms with Crippen LogP contribution in [0.1, 0.15) is 92.8 Å². The highest BCUT2D eigenvalue weighted by Crippen LogP contribution is 2.38. The third kappa shape index (κ3) is 7.67. The van der Waals surface area contributed by atoms with Gasteiger partial charge in [0.15, 0.2) is 0 Å². The molecule has 1 unspecified atom stereocenters. The summed E-state index contributed by atoms with van der Waals surface area (Å²) < 4.78 is 80.6. The number of unbranched alkanes of at least 4 members (excludes halogenated alkanes) is 2. The lowest BCUT2D eigenvalue weighted by Gasteiger charge is -2.33. The number of aliphatic imine (C=N–C) groups is 1. The zero-order valence-corrected chi connectivity index (χ0v) is 22.5. The molecule has 1 aliphatic heterocycles. The van der Waals surface area contributed by atoms with E-state index in [2.05, 4.69) is 36.1 Å². The molecule has 0 amide bonds. The normalized spacial score (nSPS) is 17.4. The Balaban J connectivity index is 0.000000771. The second kappa shape index (κ2) is 12.7. The largest absolute Gasteiger partial charge is 0.416 e. The van der Waals surface area contributed by atoms with Crippen LogP contribution in [0.5, 0.6) is 0 Å². The van der Waals surface area contributed by atoms with Crippen molar-refractivity contribution < 1.29 is 26.3 Å². The predicted molar refractivity (Wildman–Crippen MR) is 144 cm³/mol. The van der Waals surface area contributed by atoms with Gasteiger partial charge in [-0.05, 0) is 56.4 Å². The zero-order valence-electron chi connectivity index (χ0n) is 22.5. The highest BCUT2D eigenvalue weighted by molar-refractivity contribution is 6.04. The first-order valence-electron chi connectivity index (χ1n) is 13.2. The minimum atomic E-state index is -4.55. The Kier molecular flexibility index (Phi) is 9.91. The van der Waals surface area contributed by atoms with Crippen LogP contribution in [0.15, 0.2) is 65.3 Å². The molecule has 0 spiro atoms. The van der Waals surface area contributed by atoms with E-state index in [1.54, 1.807) is 6.92 Å². The number of benzene rings is 2. The molecule has 39 heavy (non-hydrogen) atoms. The van der Waals surface area contributed by atoms with Gasteiger partial charge in [-0.15, -0.1) is 0 Å². The Morgan fingerprint density at radius 3 is 2.26 bits per heavy atom. The minimum absolute atomic E-state index is 0.0210. The summed E-state index contributed by atoms with van der Waals surface area (Å²) in [5, 5.41) is 6.16. The number of nitrogens with zero attached hydrogens (tertiary/aromatic N) is 1. The van der Waals surface area contributed by atoms with Crippen LogP contribution in [0, 0.1) is 6.92 Å². The molecular weight excluding hydrogens is 516 g/mol. The van der Waals surface area contributed by atoms with Crippen molar-refractivity contribution in [3.63, 3.8) is 0 Å². The number of aryl methyl sites for hydroxylation is 1. The molecule has 0 bridgehead atoms. The maximum Gasteiger partial charge on any atom is 0.416 e. The van der Waals surface area contributed by atoms with Crippen molar-refractivity contribution in [3.8, 4) is 0 Å². The molecule has 2 aromatic rings. The van der Waals surface area contributed by atoms with E-state index < -0.39 is 29.6 Å². The molecular formula is C30H35F6N3. The Morgan fingerprint density at radius 2 is 1.64 bits per heavy atom. The van der Waals surface area contributed by atoms with E-state index in [1.165, 1.54) is 43.5 Å². The number of allylic oxidation sites excluding steroid dienone is 1. The molecule has 2 N–H and O–H groups in total. The summed E-state index contributed by atoms with van der Waals surface area (Å²) in [4.78, 5) is 4.53. The highest BCUT2D eigenvalue weighted by atomic mass is 19.4. The van der Waals surface area contributed by atoms with E-state index in [0.717, 1.165) is 42.3 Å². The molecule has 0 radical (unpaired) electrons. The van der Waals surface area contributed by atoms with E-state index in [1.807, 2.05) is 0 Å². The molecule has 1 aliphatic carbocycles. The van der Waals surface area contributed by atoms with Crippen molar-refractivity contribution in [2.75, 3.05) is 0 Å². The lowest BCUT2D eigenvalue weighted by atomic mass is 9.92. The van der Waals surface area contributed by atoms with Gasteiger partial charge in [-0.3, -0.25) is 0 Å². The average molecular weight is 552 g/mol. The summed E-state index contributed by atoms with van der Waals surface area (Å²) in [6.45, 7) is 10.0. The van der Waals surface area contributed by atoms with Crippen molar-refractivity contribution in [1.82, 2.24) is 10.6 Å². The Hall–Kier alpha value is -3.23. The van der Waals surface area contributed by atoms with Crippen LogP contribution in [0.4, 0.5) is 26.3 Å². The van der Waals surface area contributed by atoms with Crippen LogP contribution in [-0.2, 0) is 12.4 Å². The van der Waals surface area contributed by atoms with Gasteiger partial charge >= 0.3 is 12.4 Å². The second-order valence-electron chi connectivity index (χ2n) is 9.76. The van der Waals surface area contributed by atoms with E-state index in [9.17, 15) is 26.3 Å². The van der Waals surface area contributed by atoms with Crippen LogP contribution in [0.25, 0.3) is 5.70 Å². The standard InChI is InChI=1S/C25H23F6N3.C5H12/c1-14-11-12-16(24(26,27)28)13-19(14)15(2)32-23-18-8-4-6-10-21(18)33-22(34-23)17-7-3-5-9-20(17)25(29,30)31;1-3-5-4-2/h3,5,7,9,11-13,22,33H,2,4,6,8,10H2,1H3,(H,32,34);3-5H2,1-2H3. The van der Waals surface area contributed by atoms with Gasteiger partial charge in [0.25, 0.3) is 0 Å². The maximum absolute atomic E-state index is 13.6. The first-order valence-corrected chi connectivity index (χ1v) is 13.2. The lowest BCUT2D eigenvalue weighted by Crippen LogP contribution is -2.36. The highest BCUT2D eigenvalue weighted by Gasteiger charge is 2.37. The third-order valence-electron chi connectivity index (χ3n) is 6.75. The van der Waals surface area contributed by atoms with Crippen LogP contribution in [0.3, 0.4) is 0 Å². The number of amidine groups is 1. The molecule has 1 atom stereocenters. The summed E-state index contributed by atoms with van der Waals surface area (Å²) >= 11 is 0. The van der Waals surface area contributed by atoms with Crippen LogP contribution in [-0.4, -0.2) is 5.84 Å². The van der Waals surface area contributed by atoms with Gasteiger partial charge in [-0.1, -0.05) is 64.0 Å². The molecule has 0 fully saturated rings. The smallest absolute Gasteiger partial charge is 0.363 e. The fourth-order valence-electron chi connectivity index (χ4n) is 4.67. The Morgan fingerprint density at radius 1 is 0.974 bits per heavy atom. The van der Waals surface area contributed by atoms with Gasteiger partial charge in [-0.2, -0.15) is 26.3 Å². The van der Waals surface area contributed by atoms with Crippen molar-refractivity contribution in [3.05, 3.63) is 88.1 Å². The number of alkyl halides is 6. The lowest BCUT2D eigenvalue weighted by molar-refractivity contribution is -0.139. The predicted octanol–water partition coefficient (Wildman–Crippen LogP) is 9.32. The average Bonchev–Trinajstić information content (AvgIpc) is 2.88. The molecule has 3 nitrogen and oxygen atoms in total. The van der Waals surface area contributed by atoms with Crippen LogP contribution in [0.2, 0.25) is 0 Å². The van der Waals surface area contributed by atoms with Gasteiger partial charge in [0.05, 0.1) is 11.1 Å². The summed E-state index contributed by atoms with van der Waals surface area (Å²) in [5.41, 5.74) is 1.04. The van der Waals surface area contributed by atoms with Gasteiger partial charge in [0, 0.05) is 28.1 Å². The third-order valence-corrected chi connectivity index (χ3v) is 6.75. The summed E-state index contributed by atoms with van der Waals surface area (Å²) in [6.07, 6.45) is -2.94.